The van der Waals surface area contributed by atoms with Gasteiger partial charge in [-0.1, -0.05) is 55.1 Å². The van der Waals surface area contributed by atoms with E-state index in [4.69, 9.17) is 10.9 Å². The summed E-state index contributed by atoms with van der Waals surface area (Å²) in [5.41, 5.74) is 7.60. The average Bonchev–Trinajstić information content (AvgIpc) is 2.76. The van der Waals surface area contributed by atoms with E-state index in [1.54, 1.807) is 0 Å². The molecule has 0 heterocycles. The zero-order valence-electron chi connectivity index (χ0n) is 12.3. The van der Waals surface area contributed by atoms with Gasteiger partial charge in [0, 0.05) is 18.2 Å². The highest BCUT2D eigenvalue weighted by atomic mass is 16.4. The Kier molecular flexibility index (Phi) is 5.41. The summed E-state index contributed by atoms with van der Waals surface area (Å²) in [4.78, 5) is 2.46. The van der Waals surface area contributed by atoms with E-state index in [1.165, 1.54) is 44.1 Å². The topological polar surface area (TPSA) is 61.8 Å². The molecule has 3 N–H and O–H groups in total. The van der Waals surface area contributed by atoms with Crippen LogP contribution in [-0.2, 0) is 6.54 Å². The molecule has 2 rings (SSSR count). The van der Waals surface area contributed by atoms with Crippen molar-refractivity contribution in [1.82, 2.24) is 4.90 Å². The minimum Gasteiger partial charge on any atom is -0.409 e. The molecule has 1 saturated carbocycles. The predicted molar refractivity (Wildman–Crippen MR) is 81.9 cm³/mol. The highest BCUT2D eigenvalue weighted by molar-refractivity contribution is 5.96. The lowest BCUT2D eigenvalue weighted by atomic mass is 10.1. The molecule has 20 heavy (non-hydrogen) atoms. The van der Waals surface area contributed by atoms with E-state index < -0.39 is 0 Å². The molecule has 1 fully saturated rings. The van der Waals surface area contributed by atoms with Crippen LogP contribution in [0.5, 0.6) is 0 Å². The maximum atomic E-state index is 8.65. The maximum absolute atomic E-state index is 8.65. The third-order valence-corrected chi connectivity index (χ3v) is 4.24. The van der Waals surface area contributed by atoms with Crippen LogP contribution in [0.2, 0.25) is 0 Å². The summed E-state index contributed by atoms with van der Waals surface area (Å²) in [5.74, 6) is 0.161. The first-order chi connectivity index (χ1) is 9.70. The fraction of sp³-hybridized carbons (Fsp3) is 0.562. The largest absolute Gasteiger partial charge is 0.409 e. The molecule has 110 valence electrons. The van der Waals surface area contributed by atoms with Gasteiger partial charge in [-0.3, -0.25) is 4.90 Å². The third-order valence-electron chi connectivity index (χ3n) is 4.24. The van der Waals surface area contributed by atoms with Crippen molar-refractivity contribution in [2.75, 3.05) is 7.05 Å². The van der Waals surface area contributed by atoms with Gasteiger partial charge in [0.1, 0.15) is 0 Å². The first-order valence-electron chi connectivity index (χ1n) is 7.48. The Bertz CT molecular complexity index is 434. The van der Waals surface area contributed by atoms with E-state index in [2.05, 4.69) is 29.2 Å². The molecule has 1 aliphatic rings. The van der Waals surface area contributed by atoms with Gasteiger partial charge in [0.25, 0.3) is 0 Å². The quantitative estimate of drug-likeness (QED) is 0.292. The molecule has 1 aromatic carbocycles. The molecule has 0 bridgehead atoms. The molecular weight excluding hydrogens is 250 g/mol. The number of oxime groups is 1. The molecule has 0 radical (unpaired) electrons. The predicted octanol–water partition coefficient (Wildman–Crippen LogP) is 2.94. The third kappa shape index (κ3) is 3.97. The number of hydrogen-bond acceptors (Lipinski definition) is 3. The summed E-state index contributed by atoms with van der Waals surface area (Å²) < 4.78 is 0. The molecule has 0 spiro atoms. The summed E-state index contributed by atoms with van der Waals surface area (Å²) in [6.07, 6.45) is 8.13. The molecule has 4 heteroatoms. The first kappa shape index (κ1) is 14.9. The molecule has 1 aromatic rings. The number of nitrogens with zero attached hydrogens (tertiary/aromatic N) is 2. The van der Waals surface area contributed by atoms with E-state index in [0.717, 1.165) is 12.1 Å². The van der Waals surface area contributed by atoms with Crippen LogP contribution in [0.1, 0.15) is 49.7 Å². The summed E-state index contributed by atoms with van der Waals surface area (Å²) in [6, 6.07) is 8.64. The van der Waals surface area contributed by atoms with E-state index in [1.807, 2.05) is 12.1 Å². The SMILES string of the molecule is CN(Cc1ccc(/C(N)=N/O)cc1)C1CCCCCC1. The molecule has 1 aliphatic carbocycles. The summed E-state index contributed by atoms with van der Waals surface area (Å²) >= 11 is 0. The van der Waals surface area contributed by atoms with Gasteiger partial charge in [0.05, 0.1) is 0 Å². The second-order valence-corrected chi connectivity index (χ2v) is 5.74. The van der Waals surface area contributed by atoms with Crippen molar-refractivity contribution in [3.8, 4) is 0 Å². The Balaban J connectivity index is 1.95. The lowest BCUT2D eigenvalue weighted by Crippen LogP contribution is -2.30. The van der Waals surface area contributed by atoms with Gasteiger partial charge in [-0.05, 0) is 25.5 Å². The van der Waals surface area contributed by atoms with Crippen molar-refractivity contribution in [2.45, 2.75) is 51.1 Å². The average molecular weight is 275 g/mol. The second kappa shape index (κ2) is 7.29. The van der Waals surface area contributed by atoms with Crippen molar-refractivity contribution in [3.05, 3.63) is 35.4 Å². The zero-order chi connectivity index (χ0) is 14.4. The zero-order valence-corrected chi connectivity index (χ0v) is 12.3. The summed E-state index contributed by atoms with van der Waals surface area (Å²) in [6.45, 7) is 0.959. The smallest absolute Gasteiger partial charge is 0.170 e. The molecule has 0 unspecified atom stereocenters. The lowest BCUT2D eigenvalue weighted by molar-refractivity contribution is 0.213. The Morgan fingerprint density at radius 2 is 1.80 bits per heavy atom. The van der Waals surface area contributed by atoms with Gasteiger partial charge in [0.15, 0.2) is 5.84 Å². The Morgan fingerprint density at radius 1 is 1.20 bits per heavy atom. The lowest BCUT2D eigenvalue weighted by Gasteiger charge is -2.27. The Labute approximate surface area is 121 Å². The molecule has 4 nitrogen and oxygen atoms in total. The Hall–Kier alpha value is -1.55. The van der Waals surface area contributed by atoms with Crippen LogP contribution in [0.3, 0.4) is 0 Å². The van der Waals surface area contributed by atoms with Gasteiger partial charge in [0.2, 0.25) is 0 Å². The number of nitrogens with two attached hydrogens (primary N) is 1. The fourth-order valence-electron chi connectivity index (χ4n) is 2.95. The van der Waals surface area contributed by atoms with Crippen molar-refractivity contribution < 1.29 is 5.21 Å². The van der Waals surface area contributed by atoms with Crippen LogP contribution < -0.4 is 5.73 Å². The molecule has 0 aliphatic heterocycles. The van der Waals surface area contributed by atoms with Crippen LogP contribution in [-0.4, -0.2) is 29.0 Å². The van der Waals surface area contributed by atoms with Crippen LogP contribution in [0, 0.1) is 0 Å². The Morgan fingerprint density at radius 3 is 2.35 bits per heavy atom. The van der Waals surface area contributed by atoms with E-state index in [-0.39, 0.29) is 5.84 Å². The van der Waals surface area contributed by atoms with Gasteiger partial charge >= 0.3 is 0 Å². The second-order valence-electron chi connectivity index (χ2n) is 5.74. The summed E-state index contributed by atoms with van der Waals surface area (Å²) in [7, 11) is 2.22. The van der Waals surface area contributed by atoms with Crippen molar-refractivity contribution in [2.24, 2.45) is 10.9 Å². The minimum absolute atomic E-state index is 0.161. The molecule has 0 amide bonds. The molecule has 0 aromatic heterocycles. The monoisotopic (exact) mass is 275 g/mol. The van der Waals surface area contributed by atoms with E-state index in [9.17, 15) is 0 Å². The molecule has 0 atom stereocenters. The van der Waals surface area contributed by atoms with Crippen molar-refractivity contribution in [3.63, 3.8) is 0 Å². The van der Waals surface area contributed by atoms with E-state index in [0.29, 0.717) is 6.04 Å². The first-order valence-corrected chi connectivity index (χ1v) is 7.48. The van der Waals surface area contributed by atoms with E-state index >= 15 is 0 Å². The van der Waals surface area contributed by atoms with Crippen LogP contribution in [0.25, 0.3) is 0 Å². The van der Waals surface area contributed by atoms with Gasteiger partial charge in [-0.15, -0.1) is 0 Å². The fourth-order valence-corrected chi connectivity index (χ4v) is 2.95. The van der Waals surface area contributed by atoms with Gasteiger partial charge in [-0.25, -0.2) is 0 Å². The van der Waals surface area contributed by atoms with Crippen LogP contribution >= 0.6 is 0 Å². The number of amidine groups is 1. The number of hydrogen-bond donors (Lipinski definition) is 2. The number of benzene rings is 1. The van der Waals surface area contributed by atoms with Gasteiger partial charge < -0.3 is 10.9 Å². The van der Waals surface area contributed by atoms with Gasteiger partial charge in [-0.2, -0.15) is 0 Å². The number of rotatable bonds is 4. The van der Waals surface area contributed by atoms with Crippen LogP contribution in [0.15, 0.2) is 29.4 Å². The normalized spacial score (nSPS) is 18.2. The minimum atomic E-state index is 0.161. The standard InChI is InChI=1S/C16H25N3O/c1-19(15-6-4-2-3-5-7-15)12-13-8-10-14(11-9-13)16(17)18-20/h8-11,15,20H,2-7,12H2,1H3,(H2,17,18). The maximum Gasteiger partial charge on any atom is 0.170 e. The summed E-state index contributed by atoms with van der Waals surface area (Å²) in [5, 5.41) is 11.7. The van der Waals surface area contributed by atoms with Crippen molar-refractivity contribution >= 4 is 5.84 Å². The highest BCUT2D eigenvalue weighted by Crippen LogP contribution is 2.22. The molecular formula is C16H25N3O. The van der Waals surface area contributed by atoms with Crippen LogP contribution in [0.4, 0.5) is 0 Å². The molecule has 0 saturated heterocycles. The highest BCUT2D eigenvalue weighted by Gasteiger charge is 2.16. The van der Waals surface area contributed by atoms with Crippen molar-refractivity contribution in [1.29, 1.82) is 0 Å².